The average Bonchev–Trinajstić information content (AvgIpc) is 3.64. The SMILES string of the molecule is COc1cnc(C(C)F)cc1-c1cc(N2CCCCC2=O)ncc1C(=O)Nc1nnc(C#CC2CC2)s1. The first-order chi connectivity index (χ1) is 17.9. The Morgan fingerprint density at radius 3 is 2.78 bits per heavy atom. The molecule has 2 amide bonds. The van der Waals surface area contributed by atoms with Gasteiger partial charge in [-0.05, 0) is 50.7 Å². The lowest BCUT2D eigenvalue weighted by atomic mass is 9.99. The Morgan fingerprint density at radius 1 is 1.22 bits per heavy atom. The number of ether oxygens (including phenoxy) is 1. The van der Waals surface area contributed by atoms with Crippen molar-refractivity contribution >= 4 is 34.1 Å². The molecule has 4 heterocycles. The van der Waals surface area contributed by atoms with E-state index >= 15 is 0 Å². The van der Waals surface area contributed by atoms with E-state index < -0.39 is 12.1 Å². The Balaban J connectivity index is 1.53. The van der Waals surface area contributed by atoms with E-state index in [2.05, 4.69) is 37.3 Å². The summed E-state index contributed by atoms with van der Waals surface area (Å²) >= 11 is 1.18. The number of nitrogens with zero attached hydrogens (tertiary/aromatic N) is 5. The molecule has 11 heteroatoms. The highest BCUT2D eigenvalue weighted by Gasteiger charge is 2.25. The molecule has 1 aliphatic heterocycles. The van der Waals surface area contributed by atoms with E-state index in [1.807, 2.05) is 0 Å². The molecule has 37 heavy (non-hydrogen) atoms. The van der Waals surface area contributed by atoms with Crippen LogP contribution in [-0.4, -0.2) is 45.6 Å². The molecule has 9 nitrogen and oxygen atoms in total. The number of methoxy groups -OCH3 is 1. The largest absolute Gasteiger partial charge is 0.494 e. The zero-order valence-electron chi connectivity index (χ0n) is 20.5. The Morgan fingerprint density at radius 2 is 2.05 bits per heavy atom. The van der Waals surface area contributed by atoms with E-state index in [0.717, 1.165) is 25.7 Å². The van der Waals surface area contributed by atoms with E-state index in [9.17, 15) is 14.0 Å². The second kappa shape index (κ2) is 10.6. The van der Waals surface area contributed by atoms with Gasteiger partial charge < -0.3 is 4.74 Å². The number of nitrogens with one attached hydrogen (secondary N) is 1. The van der Waals surface area contributed by atoms with Gasteiger partial charge in [-0.3, -0.25) is 24.8 Å². The number of rotatable bonds is 6. The highest BCUT2D eigenvalue weighted by molar-refractivity contribution is 7.15. The van der Waals surface area contributed by atoms with Gasteiger partial charge in [0.05, 0.1) is 24.6 Å². The molecule has 1 unspecified atom stereocenters. The van der Waals surface area contributed by atoms with Crippen molar-refractivity contribution in [3.8, 4) is 28.7 Å². The van der Waals surface area contributed by atoms with Gasteiger partial charge in [0, 0.05) is 36.2 Å². The van der Waals surface area contributed by atoms with Gasteiger partial charge in [-0.1, -0.05) is 17.3 Å². The van der Waals surface area contributed by atoms with Crippen LogP contribution >= 0.6 is 11.3 Å². The number of anilines is 2. The van der Waals surface area contributed by atoms with Crippen LogP contribution in [0.2, 0.25) is 0 Å². The summed E-state index contributed by atoms with van der Waals surface area (Å²) in [4.78, 5) is 36.1. The van der Waals surface area contributed by atoms with Crippen molar-refractivity contribution < 1.29 is 18.7 Å². The molecule has 0 radical (unpaired) electrons. The Labute approximate surface area is 217 Å². The number of hydrogen-bond donors (Lipinski definition) is 1. The van der Waals surface area contributed by atoms with Crippen LogP contribution in [0.25, 0.3) is 11.1 Å². The summed E-state index contributed by atoms with van der Waals surface area (Å²) in [5.74, 6) is 6.80. The van der Waals surface area contributed by atoms with Crippen LogP contribution in [0.5, 0.6) is 5.75 Å². The van der Waals surface area contributed by atoms with E-state index in [-0.39, 0.29) is 17.2 Å². The molecule has 0 bridgehead atoms. The zero-order valence-corrected chi connectivity index (χ0v) is 21.3. The zero-order chi connectivity index (χ0) is 25.9. The van der Waals surface area contributed by atoms with Gasteiger partial charge in [0.2, 0.25) is 11.0 Å². The summed E-state index contributed by atoms with van der Waals surface area (Å²) < 4.78 is 19.7. The van der Waals surface area contributed by atoms with Gasteiger partial charge in [0.25, 0.3) is 5.91 Å². The number of carbonyl (C=O) groups is 2. The van der Waals surface area contributed by atoms with E-state index in [4.69, 9.17) is 4.74 Å². The van der Waals surface area contributed by atoms with E-state index in [1.54, 1.807) is 17.0 Å². The Kier molecular flexibility index (Phi) is 7.10. The number of pyridine rings is 2. The minimum absolute atomic E-state index is 0.0321. The molecule has 5 rings (SSSR count). The molecule has 3 aromatic rings. The standard InChI is InChI=1S/C26H25FN6O3S/c1-15(27)20-11-18(21(36-2)14-28-20)17-12-22(33-10-4-3-5-24(33)34)29-13-19(17)25(35)30-26-32-31-23(37-26)9-8-16-6-7-16/h11-16H,3-7,10H2,1-2H3,(H,30,32,35). The van der Waals surface area contributed by atoms with Gasteiger partial charge >= 0.3 is 0 Å². The highest BCUT2D eigenvalue weighted by atomic mass is 32.1. The maximum atomic E-state index is 14.2. The smallest absolute Gasteiger partial charge is 0.259 e. The monoisotopic (exact) mass is 520 g/mol. The van der Waals surface area contributed by atoms with E-state index in [0.29, 0.717) is 51.7 Å². The lowest BCUT2D eigenvalue weighted by Crippen LogP contribution is -2.35. The molecule has 0 aromatic carbocycles. The number of hydrogen-bond acceptors (Lipinski definition) is 8. The number of alkyl halides is 1. The molecular weight excluding hydrogens is 495 g/mol. The van der Waals surface area contributed by atoms with Crippen LogP contribution in [0.1, 0.15) is 66.3 Å². The summed E-state index contributed by atoms with van der Waals surface area (Å²) in [6, 6.07) is 3.21. The molecule has 3 aromatic heterocycles. The summed E-state index contributed by atoms with van der Waals surface area (Å²) in [6.07, 6.45) is 5.83. The minimum atomic E-state index is -1.33. The molecule has 1 N–H and O–H groups in total. The van der Waals surface area contributed by atoms with Crippen molar-refractivity contribution in [2.45, 2.75) is 45.2 Å². The van der Waals surface area contributed by atoms with Crippen LogP contribution in [0.15, 0.2) is 24.5 Å². The first-order valence-electron chi connectivity index (χ1n) is 12.1. The molecule has 2 aliphatic rings. The van der Waals surface area contributed by atoms with Gasteiger partial charge in [0.15, 0.2) is 5.01 Å². The van der Waals surface area contributed by atoms with Crippen LogP contribution in [0, 0.1) is 17.8 Å². The summed E-state index contributed by atoms with van der Waals surface area (Å²) in [6.45, 7) is 1.92. The fraction of sp³-hybridized carbons (Fsp3) is 0.385. The van der Waals surface area contributed by atoms with Gasteiger partial charge in [-0.25, -0.2) is 9.37 Å². The van der Waals surface area contributed by atoms with E-state index in [1.165, 1.54) is 37.8 Å². The van der Waals surface area contributed by atoms with Crippen molar-refractivity contribution in [3.05, 3.63) is 40.8 Å². The van der Waals surface area contributed by atoms with Crippen molar-refractivity contribution in [1.29, 1.82) is 0 Å². The molecule has 1 saturated carbocycles. The third kappa shape index (κ3) is 5.59. The Hall–Kier alpha value is -3.91. The maximum absolute atomic E-state index is 14.2. The van der Waals surface area contributed by atoms with Crippen LogP contribution in [0.4, 0.5) is 15.3 Å². The molecule has 1 atom stereocenters. The minimum Gasteiger partial charge on any atom is -0.494 e. The third-order valence-corrected chi connectivity index (χ3v) is 6.90. The lowest BCUT2D eigenvalue weighted by molar-refractivity contribution is -0.119. The predicted octanol–water partition coefficient (Wildman–Crippen LogP) is 4.56. The molecule has 1 aliphatic carbocycles. The molecule has 1 saturated heterocycles. The highest BCUT2D eigenvalue weighted by Crippen LogP contribution is 2.36. The fourth-order valence-electron chi connectivity index (χ4n) is 3.97. The summed E-state index contributed by atoms with van der Waals surface area (Å²) in [5, 5.41) is 11.7. The normalized spacial score (nSPS) is 16.1. The summed E-state index contributed by atoms with van der Waals surface area (Å²) in [5.41, 5.74) is 1.29. The second-order valence-electron chi connectivity index (χ2n) is 8.93. The fourth-order valence-corrected chi connectivity index (χ4v) is 4.57. The number of halogens is 1. The van der Waals surface area contributed by atoms with Crippen molar-refractivity contribution in [3.63, 3.8) is 0 Å². The number of carbonyl (C=O) groups excluding carboxylic acids is 2. The second-order valence-corrected chi connectivity index (χ2v) is 9.90. The van der Waals surface area contributed by atoms with Gasteiger partial charge in [-0.2, -0.15) is 0 Å². The van der Waals surface area contributed by atoms with Crippen molar-refractivity contribution in [2.24, 2.45) is 5.92 Å². The maximum Gasteiger partial charge on any atom is 0.259 e. The quantitative estimate of drug-likeness (QED) is 0.474. The van der Waals surface area contributed by atoms with Gasteiger partial charge in [0.1, 0.15) is 17.7 Å². The predicted molar refractivity (Wildman–Crippen MR) is 137 cm³/mol. The van der Waals surface area contributed by atoms with Crippen molar-refractivity contribution in [1.82, 2.24) is 20.2 Å². The average molecular weight is 521 g/mol. The topological polar surface area (TPSA) is 110 Å². The first kappa shape index (κ1) is 24.8. The number of aromatic nitrogens is 4. The molecular formula is C26H25FN6O3S. The molecule has 2 fully saturated rings. The Bertz CT molecular complexity index is 1410. The molecule has 0 spiro atoms. The van der Waals surface area contributed by atoms with Crippen LogP contribution in [0.3, 0.4) is 0 Å². The summed E-state index contributed by atoms with van der Waals surface area (Å²) in [7, 11) is 1.47. The van der Waals surface area contributed by atoms with Gasteiger partial charge in [-0.15, -0.1) is 10.2 Å². The third-order valence-electron chi connectivity index (χ3n) is 6.15. The van der Waals surface area contributed by atoms with Crippen LogP contribution in [-0.2, 0) is 4.79 Å². The molecule has 190 valence electrons. The first-order valence-corrected chi connectivity index (χ1v) is 12.9. The van der Waals surface area contributed by atoms with Crippen LogP contribution < -0.4 is 15.0 Å². The number of piperidine rings is 1. The lowest BCUT2D eigenvalue weighted by Gasteiger charge is -2.26. The van der Waals surface area contributed by atoms with Crippen molar-refractivity contribution in [2.75, 3.05) is 23.9 Å². The number of amides is 2.